The third-order valence-corrected chi connectivity index (χ3v) is 3.01. The molecule has 3 nitrogen and oxygen atoms in total. The number of ether oxygens (including phenoxy) is 1. The lowest BCUT2D eigenvalue weighted by molar-refractivity contribution is -0.134. The maximum absolute atomic E-state index is 11.5. The Balaban J connectivity index is 1.88. The van der Waals surface area contributed by atoms with Gasteiger partial charge in [0.1, 0.15) is 5.75 Å². The Morgan fingerprint density at radius 1 is 1.41 bits per heavy atom. The zero-order valence-electron chi connectivity index (χ0n) is 10.3. The highest BCUT2D eigenvalue weighted by atomic mass is 16.5. The van der Waals surface area contributed by atoms with Crippen LogP contribution >= 0.6 is 0 Å². The largest absolute Gasteiger partial charge is 0.426 e. The molecule has 1 aliphatic rings. The van der Waals surface area contributed by atoms with Crippen molar-refractivity contribution in [2.45, 2.75) is 39.0 Å². The molecule has 0 saturated carbocycles. The van der Waals surface area contributed by atoms with Gasteiger partial charge in [-0.2, -0.15) is 0 Å². The van der Waals surface area contributed by atoms with E-state index in [1.165, 1.54) is 5.56 Å². The molecule has 0 saturated heterocycles. The molecule has 0 aliphatic carbocycles. The molecule has 2 rings (SSSR count). The van der Waals surface area contributed by atoms with Gasteiger partial charge >= 0.3 is 5.97 Å². The summed E-state index contributed by atoms with van der Waals surface area (Å²) in [6, 6.07) is 5.83. The van der Waals surface area contributed by atoms with Gasteiger partial charge < -0.3 is 10.1 Å². The maximum Gasteiger partial charge on any atom is 0.311 e. The van der Waals surface area contributed by atoms with Crippen molar-refractivity contribution < 1.29 is 9.53 Å². The van der Waals surface area contributed by atoms with Crippen molar-refractivity contribution in [3.05, 3.63) is 23.8 Å². The number of unbranched alkanes of at least 4 members (excludes halogenated alkanes) is 2. The number of nitrogens with one attached hydrogen (secondary N) is 1. The fourth-order valence-electron chi connectivity index (χ4n) is 2.04. The summed E-state index contributed by atoms with van der Waals surface area (Å²) in [5.41, 5.74) is 2.40. The lowest BCUT2D eigenvalue weighted by Gasteiger charge is -2.06. The van der Waals surface area contributed by atoms with Crippen LogP contribution in [0.3, 0.4) is 0 Å². The van der Waals surface area contributed by atoms with Gasteiger partial charge in [-0.1, -0.05) is 25.8 Å². The van der Waals surface area contributed by atoms with E-state index in [9.17, 15) is 4.79 Å². The van der Waals surface area contributed by atoms with E-state index in [4.69, 9.17) is 4.74 Å². The first kappa shape index (κ1) is 12.0. The highest BCUT2D eigenvalue weighted by molar-refractivity contribution is 5.73. The van der Waals surface area contributed by atoms with Gasteiger partial charge in [0.2, 0.25) is 0 Å². The van der Waals surface area contributed by atoms with Crippen molar-refractivity contribution in [1.29, 1.82) is 0 Å². The molecule has 0 bridgehead atoms. The molecule has 0 aromatic heterocycles. The van der Waals surface area contributed by atoms with Gasteiger partial charge in [-0.05, 0) is 24.5 Å². The summed E-state index contributed by atoms with van der Waals surface area (Å²) >= 11 is 0. The summed E-state index contributed by atoms with van der Waals surface area (Å²) in [6.45, 7) is 3.10. The van der Waals surface area contributed by atoms with Crippen molar-refractivity contribution in [2.24, 2.45) is 0 Å². The number of carbonyl (C=O) groups is 1. The first-order valence-corrected chi connectivity index (χ1v) is 6.37. The Morgan fingerprint density at radius 3 is 3.12 bits per heavy atom. The normalized spacial score (nSPS) is 13.0. The second kappa shape index (κ2) is 5.71. The van der Waals surface area contributed by atoms with Crippen LogP contribution in [0.5, 0.6) is 5.75 Å². The second-order valence-electron chi connectivity index (χ2n) is 4.43. The van der Waals surface area contributed by atoms with E-state index in [1.807, 2.05) is 18.2 Å². The average molecular weight is 233 g/mol. The fourth-order valence-corrected chi connectivity index (χ4v) is 2.04. The fraction of sp³-hybridized carbons (Fsp3) is 0.500. The van der Waals surface area contributed by atoms with Gasteiger partial charge in [0.15, 0.2) is 0 Å². The zero-order valence-corrected chi connectivity index (χ0v) is 10.3. The molecule has 1 heterocycles. The van der Waals surface area contributed by atoms with E-state index in [0.717, 1.165) is 37.9 Å². The van der Waals surface area contributed by atoms with E-state index in [2.05, 4.69) is 12.2 Å². The average Bonchev–Trinajstić information content (AvgIpc) is 2.76. The molecule has 1 aromatic carbocycles. The van der Waals surface area contributed by atoms with E-state index in [0.29, 0.717) is 12.2 Å². The van der Waals surface area contributed by atoms with Crippen LogP contribution in [0.15, 0.2) is 18.2 Å². The molecule has 0 amide bonds. The number of carbonyl (C=O) groups excluding carboxylic acids is 1. The number of rotatable bonds is 5. The molecular formula is C14H19NO2. The summed E-state index contributed by atoms with van der Waals surface area (Å²) in [7, 11) is 0. The quantitative estimate of drug-likeness (QED) is 0.482. The highest BCUT2D eigenvalue weighted by Crippen LogP contribution is 2.27. The monoisotopic (exact) mass is 233 g/mol. The molecular weight excluding hydrogens is 214 g/mol. The van der Waals surface area contributed by atoms with Crippen molar-refractivity contribution in [1.82, 2.24) is 0 Å². The highest BCUT2D eigenvalue weighted by Gasteiger charge is 2.12. The van der Waals surface area contributed by atoms with Crippen LogP contribution in [0, 0.1) is 0 Å². The Labute approximate surface area is 102 Å². The van der Waals surface area contributed by atoms with Gasteiger partial charge in [0, 0.05) is 24.7 Å². The third kappa shape index (κ3) is 3.22. The molecule has 0 unspecified atom stereocenters. The third-order valence-electron chi connectivity index (χ3n) is 3.01. The Morgan fingerprint density at radius 2 is 2.29 bits per heavy atom. The maximum atomic E-state index is 11.5. The molecule has 1 N–H and O–H groups in total. The molecule has 17 heavy (non-hydrogen) atoms. The second-order valence-corrected chi connectivity index (χ2v) is 4.43. The molecule has 92 valence electrons. The van der Waals surface area contributed by atoms with E-state index >= 15 is 0 Å². The van der Waals surface area contributed by atoms with Crippen LogP contribution in [0.25, 0.3) is 0 Å². The Bertz CT molecular complexity index is 401. The first-order chi connectivity index (χ1) is 8.29. The van der Waals surface area contributed by atoms with Crippen LogP contribution in [-0.2, 0) is 11.2 Å². The summed E-state index contributed by atoms with van der Waals surface area (Å²) in [5, 5.41) is 3.27. The predicted molar refractivity (Wildman–Crippen MR) is 68.4 cm³/mol. The number of esters is 1. The van der Waals surface area contributed by atoms with Gasteiger partial charge in [0.25, 0.3) is 0 Å². The van der Waals surface area contributed by atoms with E-state index in [-0.39, 0.29) is 5.97 Å². The summed E-state index contributed by atoms with van der Waals surface area (Å²) < 4.78 is 5.31. The number of fused-ring (bicyclic) bond motifs is 1. The number of hydrogen-bond donors (Lipinski definition) is 1. The lowest BCUT2D eigenvalue weighted by Crippen LogP contribution is -2.07. The van der Waals surface area contributed by atoms with Gasteiger partial charge in [-0.15, -0.1) is 0 Å². The lowest BCUT2D eigenvalue weighted by atomic mass is 10.1. The molecule has 0 radical (unpaired) electrons. The topological polar surface area (TPSA) is 38.3 Å². The number of hydrogen-bond acceptors (Lipinski definition) is 3. The zero-order chi connectivity index (χ0) is 12.1. The van der Waals surface area contributed by atoms with Gasteiger partial charge in [-0.25, -0.2) is 0 Å². The summed E-state index contributed by atoms with van der Waals surface area (Å²) in [5.74, 6) is 0.524. The molecule has 3 heteroatoms. The molecule has 0 spiro atoms. The number of benzene rings is 1. The van der Waals surface area contributed by atoms with Crippen LogP contribution < -0.4 is 10.1 Å². The van der Waals surface area contributed by atoms with Gasteiger partial charge in [-0.3, -0.25) is 4.79 Å². The smallest absolute Gasteiger partial charge is 0.311 e. The Kier molecular flexibility index (Phi) is 4.02. The van der Waals surface area contributed by atoms with Crippen molar-refractivity contribution >= 4 is 11.7 Å². The molecule has 1 aliphatic heterocycles. The molecule has 0 fully saturated rings. The SMILES string of the molecule is CCCCCC(=O)Oc1ccc2c(c1)NCC2. The molecule has 0 atom stereocenters. The number of anilines is 1. The van der Waals surface area contributed by atoms with Gasteiger partial charge in [0.05, 0.1) is 0 Å². The minimum atomic E-state index is -0.128. The Hall–Kier alpha value is -1.51. The summed E-state index contributed by atoms with van der Waals surface area (Å²) in [4.78, 5) is 11.5. The standard InChI is InChI=1S/C14H19NO2/c1-2-3-4-5-14(16)17-12-7-6-11-8-9-15-13(11)10-12/h6-7,10,15H,2-5,8-9H2,1H3. The van der Waals surface area contributed by atoms with Crippen molar-refractivity contribution in [3.63, 3.8) is 0 Å². The van der Waals surface area contributed by atoms with Crippen LogP contribution in [0.1, 0.15) is 38.2 Å². The molecule has 1 aromatic rings. The van der Waals surface area contributed by atoms with Crippen LogP contribution in [-0.4, -0.2) is 12.5 Å². The minimum absolute atomic E-state index is 0.128. The van der Waals surface area contributed by atoms with Crippen LogP contribution in [0.4, 0.5) is 5.69 Å². The van der Waals surface area contributed by atoms with Crippen molar-refractivity contribution in [2.75, 3.05) is 11.9 Å². The van der Waals surface area contributed by atoms with E-state index < -0.39 is 0 Å². The predicted octanol–water partition coefficient (Wildman–Crippen LogP) is 3.14. The summed E-state index contributed by atoms with van der Waals surface area (Å²) in [6.07, 6.45) is 4.69. The van der Waals surface area contributed by atoms with Crippen molar-refractivity contribution in [3.8, 4) is 5.75 Å². The van der Waals surface area contributed by atoms with E-state index in [1.54, 1.807) is 0 Å². The minimum Gasteiger partial charge on any atom is -0.426 e. The van der Waals surface area contributed by atoms with Crippen LogP contribution in [0.2, 0.25) is 0 Å². The first-order valence-electron chi connectivity index (χ1n) is 6.37.